The summed E-state index contributed by atoms with van der Waals surface area (Å²) in [7, 11) is 2.89. The van der Waals surface area contributed by atoms with Gasteiger partial charge in [0, 0.05) is 44.6 Å². The zero-order valence-electron chi connectivity index (χ0n) is 18.7. The van der Waals surface area contributed by atoms with Gasteiger partial charge in [0.15, 0.2) is 17.0 Å². The average molecular weight is 465 g/mol. The summed E-state index contributed by atoms with van der Waals surface area (Å²) in [5, 5.41) is 7.23. The van der Waals surface area contributed by atoms with Crippen molar-refractivity contribution in [2.75, 3.05) is 6.54 Å². The molecule has 1 N–H and O–H groups in total. The van der Waals surface area contributed by atoms with Gasteiger partial charge in [-0.1, -0.05) is 0 Å². The number of aromatic nitrogens is 8. The number of rotatable bonds is 7. The number of hydrogen-bond acceptors (Lipinski definition) is 7. The Morgan fingerprint density at radius 1 is 1.15 bits per heavy atom. The fourth-order valence-electron chi connectivity index (χ4n) is 3.95. The largest absolute Gasteiger partial charge is 0.353 e. The lowest BCUT2D eigenvalue weighted by atomic mass is 10.3. The molecule has 1 amide bonds. The number of carbonyl (C=O) groups excluding carboxylic acids is 1. The minimum atomic E-state index is -0.525. The normalized spacial score (nSPS) is 13.5. The predicted molar refractivity (Wildman–Crippen MR) is 121 cm³/mol. The van der Waals surface area contributed by atoms with E-state index in [1.807, 2.05) is 6.07 Å². The molecule has 5 rings (SSSR count). The van der Waals surface area contributed by atoms with Gasteiger partial charge in [0.2, 0.25) is 5.91 Å². The second-order valence-corrected chi connectivity index (χ2v) is 8.27. The first-order valence-electron chi connectivity index (χ1n) is 10.8. The van der Waals surface area contributed by atoms with Crippen molar-refractivity contribution in [2.24, 2.45) is 14.1 Å². The van der Waals surface area contributed by atoms with E-state index in [2.05, 4.69) is 20.4 Å². The Balaban J connectivity index is 1.30. The highest BCUT2D eigenvalue weighted by molar-refractivity contribution is 5.78. The number of nitrogens with zero attached hydrogens (tertiary/aromatic N) is 8. The molecule has 1 aliphatic rings. The van der Waals surface area contributed by atoms with E-state index < -0.39 is 11.2 Å². The summed E-state index contributed by atoms with van der Waals surface area (Å²) in [6.07, 6.45) is 6.54. The summed E-state index contributed by atoms with van der Waals surface area (Å²) in [5.74, 6) is 0.204. The van der Waals surface area contributed by atoms with Crippen LogP contribution in [-0.4, -0.2) is 50.5 Å². The Labute approximate surface area is 191 Å². The molecular weight excluding hydrogens is 442 g/mol. The number of imidazole rings is 1. The highest BCUT2D eigenvalue weighted by atomic mass is 16.2. The third-order valence-corrected chi connectivity index (χ3v) is 5.88. The third-order valence-electron chi connectivity index (χ3n) is 5.88. The van der Waals surface area contributed by atoms with Crippen molar-refractivity contribution in [1.29, 1.82) is 0 Å². The first-order valence-corrected chi connectivity index (χ1v) is 10.8. The molecule has 4 heterocycles. The molecule has 176 valence electrons. The lowest BCUT2D eigenvalue weighted by molar-refractivity contribution is -0.121. The number of pyridine rings is 1. The van der Waals surface area contributed by atoms with Crippen LogP contribution in [0.25, 0.3) is 22.6 Å². The van der Waals surface area contributed by atoms with Crippen LogP contribution < -0.4 is 22.3 Å². The zero-order valence-corrected chi connectivity index (χ0v) is 18.7. The van der Waals surface area contributed by atoms with Crippen LogP contribution in [0.3, 0.4) is 0 Å². The molecule has 0 radical (unpaired) electrons. The van der Waals surface area contributed by atoms with Crippen LogP contribution in [0, 0.1) is 0 Å². The summed E-state index contributed by atoms with van der Waals surface area (Å²) < 4.78 is 6.67. The Hall–Kier alpha value is -4.29. The van der Waals surface area contributed by atoms with Crippen LogP contribution >= 0.6 is 0 Å². The molecule has 0 unspecified atom stereocenters. The van der Waals surface area contributed by atoms with Gasteiger partial charge in [-0.15, -0.1) is 5.10 Å². The molecule has 4 aromatic rings. The van der Waals surface area contributed by atoms with Crippen LogP contribution in [0.15, 0.2) is 45.2 Å². The topological polar surface area (TPSA) is 144 Å². The number of carbonyl (C=O) groups is 1. The van der Waals surface area contributed by atoms with Crippen LogP contribution in [0.4, 0.5) is 0 Å². The van der Waals surface area contributed by atoms with E-state index in [4.69, 9.17) is 0 Å². The molecule has 13 nitrogen and oxygen atoms in total. The summed E-state index contributed by atoms with van der Waals surface area (Å²) >= 11 is 0. The van der Waals surface area contributed by atoms with Gasteiger partial charge in [-0.05, 0) is 25.0 Å². The van der Waals surface area contributed by atoms with Gasteiger partial charge in [-0.25, -0.2) is 19.3 Å². The smallest absolute Gasteiger partial charge is 0.346 e. The highest BCUT2D eigenvalue weighted by Crippen LogP contribution is 2.36. The second kappa shape index (κ2) is 8.24. The molecule has 13 heteroatoms. The maximum absolute atomic E-state index is 12.9. The molecule has 0 saturated heterocycles. The van der Waals surface area contributed by atoms with Gasteiger partial charge in [-0.2, -0.15) is 0 Å². The van der Waals surface area contributed by atoms with Gasteiger partial charge < -0.3 is 9.88 Å². The lowest BCUT2D eigenvalue weighted by Gasteiger charge is -2.07. The quantitative estimate of drug-likeness (QED) is 0.369. The third kappa shape index (κ3) is 3.64. The number of nitrogens with one attached hydrogen (secondary N) is 1. The standard InChI is InChI=1S/C21H23N9O4/c1-26-18-16(19(32)27(2)20(26)33)28(12-24-18)11-15(31)23-8-9-29-21(34)30(14-5-6-14)17(25-29)13-4-3-7-22-10-13/h3-4,7,10,12,14H,5-6,8-9,11H2,1-2H3,(H,23,31). The monoisotopic (exact) mass is 465 g/mol. The molecule has 1 saturated carbocycles. The van der Waals surface area contributed by atoms with E-state index >= 15 is 0 Å². The second-order valence-electron chi connectivity index (χ2n) is 8.27. The first kappa shape index (κ1) is 21.6. The minimum Gasteiger partial charge on any atom is -0.353 e. The van der Waals surface area contributed by atoms with Crippen molar-refractivity contribution in [3.05, 3.63) is 62.2 Å². The van der Waals surface area contributed by atoms with E-state index in [0.29, 0.717) is 5.82 Å². The van der Waals surface area contributed by atoms with E-state index in [9.17, 15) is 19.2 Å². The van der Waals surface area contributed by atoms with E-state index in [1.54, 1.807) is 23.0 Å². The molecule has 0 atom stereocenters. The van der Waals surface area contributed by atoms with Crippen molar-refractivity contribution < 1.29 is 4.79 Å². The molecule has 0 aromatic carbocycles. The minimum absolute atomic E-state index is 0.138. The highest BCUT2D eigenvalue weighted by Gasteiger charge is 2.30. The summed E-state index contributed by atoms with van der Waals surface area (Å²) in [4.78, 5) is 58.2. The van der Waals surface area contributed by atoms with Gasteiger partial charge >= 0.3 is 11.4 Å². The van der Waals surface area contributed by atoms with Crippen molar-refractivity contribution in [2.45, 2.75) is 32.0 Å². The van der Waals surface area contributed by atoms with Gasteiger partial charge in [-0.3, -0.25) is 28.3 Å². The Bertz CT molecular complexity index is 1570. The summed E-state index contributed by atoms with van der Waals surface area (Å²) in [5.41, 5.74) is -0.100. The molecular formula is C21H23N9O4. The van der Waals surface area contributed by atoms with Crippen molar-refractivity contribution in [3.63, 3.8) is 0 Å². The predicted octanol–water partition coefficient (Wildman–Crippen LogP) is -0.995. The Morgan fingerprint density at radius 3 is 2.65 bits per heavy atom. The summed E-state index contributed by atoms with van der Waals surface area (Å²) in [6, 6.07) is 3.79. The number of amides is 1. The Kier molecular flexibility index (Phi) is 5.23. The van der Waals surface area contributed by atoms with E-state index in [-0.39, 0.29) is 48.4 Å². The van der Waals surface area contributed by atoms with Crippen molar-refractivity contribution in [1.82, 2.24) is 43.3 Å². The van der Waals surface area contributed by atoms with Gasteiger partial charge in [0.25, 0.3) is 5.56 Å². The van der Waals surface area contributed by atoms with E-state index in [0.717, 1.165) is 23.0 Å². The molecule has 1 fully saturated rings. The first-order chi connectivity index (χ1) is 16.4. The Morgan fingerprint density at radius 2 is 1.94 bits per heavy atom. The maximum atomic E-state index is 12.9. The van der Waals surface area contributed by atoms with Crippen LogP contribution in [0.5, 0.6) is 0 Å². The SMILES string of the molecule is Cn1c(=O)c2c(ncn2CC(=O)NCCn2nc(-c3cccnc3)n(C3CC3)c2=O)n(C)c1=O. The lowest BCUT2D eigenvalue weighted by Crippen LogP contribution is -2.38. The van der Waals surface area contributed by atoms with Gasteiger partial charge in [0.05, 0.1) is 12.9 Å². The molecule has 0 spiro atoms. The molecule has 1 aliphatic carbocycles. The van der Waals surface area contributed by atoms with E-state index in [1.165, 1.54) is 34.2 Å². The molecule has 0 aliphatic heterocycles. The molecule has 34 heavy (non-hydrogen) atoms. The fraction of sp³-hybridized carbons (Fsp3) is 0.381. The zero-order chi connectivity index (χ0) is 24.0. The number of aryl methyl sites for hydroxylation is 1. The number of hydrogen-bond donors (Lipinski definition) is 1. The molecule has 4 aromatic heterocycles. The van der Waals surface area contributed by atoms with Crippen LogP contribution in [-0.2, 0) is 32.0 Å². The summed E-state index contributed by atoms with van der Waals surface area (Å²) in [6.45, 7) is 0.213. The van der Waals surface area contributed by atoms with Gasteiger partial charge in [0.1, 0.15) is 6.54 Å². The molecule has 0 bridgehead atoms. The number of fused-ring (bicyclic) bond motifs is 1. The van der Waals surface area contributed by atoms with Crippen LogP contribution in [0.2, 0.25) is 0 Å². The fourth-order valence-corrected chi connectivity index (χ4v) is 3.95. The average Bonchev–Trinajstić information content (AvgIpc) is 3.50. The maximum Gasteiger partial charge on any atom is 0.346 e. The van der Waals surface area contributed by atoms with Crippen LogP contribution in [0.1, 0.15) is 18.9 Å². The van der Waals surface area contributed by atoms with Crippen molar-refractivity contribution in [3.8, 4) is 11.4 Å². The van der Waals surface area contributed by atoms with Crippen molar-refractivity contribution >= 4 is 17.1 Å².